The molecule has 1 aliphatic heterocycles. The molecule has 164 valence electrons. The molecule has 31 heavy (non-hydrogen) atoms. The van der Waals surface area contributed by atoms with E-state index < -0.39 is 9.71 Å². The summed E-state index contributed by atoms with van der Waals surface area (Å²) in [5.41, 5.74) is 2.03. The summed E-state index contributed by atoms with van der Waals surface area (Å²) in [6.07, 6.45) is 8.10. The van der Waals surface area contributed by atoms with Gasteiger partial charge in [-0.05, 0) is 36.6 Å². The predicted octanol–water partition coefficient (Wildman–Crippen LogP) is 2.56. The van der Waals surface area contributed by atoms with Crippen LogP contribution in [0.5, 0.6) is 5.75 Å². The highest BCUT2D eigenvalue weighted by atomic mass is 32.2. The third-order valence-electron chi connectivity index (χ3n) is 4.98. The third-order valence-corrected chi connectivity index (χ3v) is 5.62. The smallest absolute Gasteiger partial charge is 0.344 e. The van der Waals surface area contributed by atoms with Gasteiger partial charge in [0.2, 0.25) is 0 Å². The second kappa shape index (κ2) is 8.46. The molecule has 0 bridgehead atoms. The number of anilines is 1. The predicted molar refractivity (Wildman–Crippen MR) is 121 cm³/mol. The van der Waals surface area contributed by atoms with Crippen LogP contribution in [0, 0.1) is 6.92 Å². The van der Waals surface area contributed by atoms with E-state index in [1.165, 1.54) is 10.9 Å². The van der Waals surface area contributed by atoms with Crippen LogP contribution in [0.4, 0.5) is 10.6 Å². The molecule has 9 nitrogen and oxygen atoms in total. The Bertz CT molecular complexity index is 1160. The Labute approximate surface area is 181 Å². The number of rotatable bonds is 5. The normalized spacial score (nSPS) is 16.6. The minimum Gasteiger partial charge on any atom is -0.488 e. The fourth-order valence-corrected chi connectivity index (χ4v) is 4.06. The van der Waals surface area contributed by atoms with Gasteiger partial charge in [0.1, 0.15) is 17.5 Å². The second-order valence-electron chi connectivity index (χ2n) is 7.76. The van der Waals surface area contributed by atoms with Crippen LogP contribution in [0.3, 0.4) is 0 Å². The fraction of sp³-hybridized carbons (Fsp3) is 0.333. The van der Waals surface area contributed by atoms with E-state index in [0.29, 0.717) is 31.7 Å². The number of piperidine rings is 1. The van der Waals surface area contributed by atoms with Crippen LogP contribution in [-0.4, -0.2) is 66.0 Å². The molecule has 0 spiro atoms. The molecular weight excluding hydrogens is 416 g/mol. The number of likely N-dealkylation sites (tertiary alicyclic amines) is 1. The van der Waals surface area contributed by atoms with E-state index in [9.17, 15) is 9.00 Å². The lowest BCUT2D eigenvalue weighted by molar-refractivity contribution is 0.110. The molecule has 1 atom stereocenters. The molecule has 0 aliphatic carbocycles. The number of aromatic nitrogens is 4. The van der Waals surface area contributed by atoms with E-state index in [4.69, 9.17) is 4.74 Å². The van der Waals surface area contributed by atoms with E-state index in [1.54, 1.807) is 28.0 Å². The van der Waals surface area contributed by atoms with Gasteiger partial charge in [0, 0.05) is 66.6 Å². The van der Waals surface area contributed by atoms with Crippen molar-refractivity contribution < 1.29 is 13.7 Å². The number of carbonyl (C=O) groups is 1. The first-order valence-electron chi connectivity index (χ1n) is 10.0. The molecule has 3 heterocycles. The molecule has 1 fully saturated rings. The summed E-state index contributed by atoms with van der Waals surface area (Å²) in [6.45, 7) is 3.16. The average molecular weight is 443 g/mol. The van der Waals surface area contributed by atoms with Gasteiger partial charge in [0.05, 0.1) is 0 Å². The van der Waals surface area contributed by atoms with Crippen molar-refractivity contribution in [1.29, 1.82) is 0 Å². The Morgan fingerprint density at radius 1 is 1.26 bits per heavy atom. The Morgan fingerprint density at radius 3 is 2.71 bits per heavy atom. The molecule has 4 rings (SSSR count). The SMILES string of the molecule is C=S(C)(=O)Nc1ccn(C(=O)N2CCC(Oc3ccc(C)cc3-n3cccn3)CC2)n1. The zero-order chi connectivity index (χ0) is 22.0. The summed E-state index contributed by atoms with van der Waals surface area (Å²) in [7, 11) is -2.45. The number of hydrogen-bond acceptors (Lipinski definition) is 5. The first-order valence-corrected chi connectivity index (χ1v) is 12.1. The van der Waals surface area contributed by atoms with E-state index in [1.807, 2.05) is 37.4 Å². The zero-order valence-corrected chi connectivity index (χ0v) is 18.4. The van der Waals surface area contributed by atoms with Crippen molar-refractivity contribution in [3.05, 3.63) is 54.5 Å². The van der Waals surface area contributed by atoms with E-state index in [2.05, 4.69) is 20.8 Å². The summed E-state index contributed by atoms with van der Waals surface area (Å²) in [5, 5.41) is 8.48. The van der Waals surface area contributed by atoms with Gasteiger partial charge in [0.15, 0.2) is 5.82 Å². The molecule has 1 amide bonds. The van der Waals surface area contributed by atoms with Crippen LogP contribution in [-0.2, 0) is 9.71 Å². The lowest BCUT2D eigenvalue weighted by atomic mass is 10.1. The van der Waals surface area contributed by atoms with Crippen molar-refractivity contribution >= 4 is 27.4 Å². The monoisotopic (exact) mass is 442 g/mol. The van der Waals surface area contributed by atoms with Crippen molar-refractivity contribution in [2.24, 2.45) is 0 Å². The topological polar surface area (TPSA) is 94.3 Å². The largest absolute Gasteiger partial charge is 0.488 e. The summed E-state index contributed by atoms with van der Waals surface area (Å²) in [5.74, 6) is 4.67. The minimum absolute atomic E-state index is 0.00635. The number of carbonyl (C=O) groups excluding carboxylic acids is 1. The minimum atomic E-state index is -2.45. The number of nitrogens with one attached hydrogen (secondary N) is 1. The summed E-state index contributed by atoms with van der Waals surface area (Å²) in [4.78, 5) is 14.5. The lowest BCUT2D eigenvalue weighted by Crippen LogP contribution is -2.43. The van der Waals surface area contributed by atoms with Gasteiger partial charge in [-0.1, -0.05) is 6.07 Å². The highest BCUT2D eigenvalue weighted by Crippen LogP contribution is 2.27. The van der Waals surface area contributed by atoms with Gasteiger partial charge in [-0.3, -0.25) is 4.72 Å². The van der Waals surface area contributed by atoms with Crippen LogP contribution in [0.1, 0.15) is 18.4 Å². The number of nitrogens with zero attached hydrogens (tertiary/aromatic N) is 5. The van der Waals surface area contributed by atoms with Crippen molar-refractivity contribution in [2.45, 2.75) is 25.9 Å². The number of amides is 1. The first kappa shape index (κ1) is 21.0. The number of benzene rings is 1. The van der Waals surface area contributed by atoms with Gasteiger partial charge in [-0.25, -0.2) is 13.7 Å². The Balaban J connectivity index is 1.38. The molecular formula is C21H26N6O3S. The number of ether oxygens (including phenoxy) is 1. The van der Waals surface area contributed by atoms with Crippen molar-refractivity contribution in [3.63, 3.8) is 0 Å². The third kappa shape index (κ3) is 5.08. The van der Waals surface area contributed by atoms with Crippen LogP contribution >= 0.6 is 0 Å². The molecule has 1 unspecified atom stereocenters. The molecule has 1 aliphatic rings. The molecule has 3 aromatic rings. The maximum atomic E-state index is 12.7. The first-order chi connectivity index (χ1) is 14.8. The van der Waals surface area contributed by atoms with E-state index in [-0.39, 0.29) is 12.1 Å². The molecule has 10 heteroatoms. The maximum absolute atomic E-state index is 12.7. The van der Waals surface area contributed by atoms with Crippen LogP contribution < -0.4 is 9.46 Å². The fourth-order valence-electron chi connectivity index (χ4n) is 3.51. The zero-order valence-electron chi connectivity index (χ0n) is 17.6. The Morgan fingerprint density at radius 2 is 2.03 bits per heavy atom. The van der Waals surface area contributed by atoms with Crippen molar-refractivity contribution in [2.75, 3.05) is 24.1 Å². The van der Waals surface area contributed by atoms with Crippen molar-refractivity contribution in [3.8, 4) is 11.4 Å². The average Bonchev–Trinajstić information content (AvgIpc) is 3.40. The standard InChI is InChI=1S/C21H26N6O3S/c1-16-5-6-19(18(15-16)26-11-4-10-22-26)30-17-7-12-25(13-8-17)21(28)27-14-9-20(23-27)24-31(2,3)29/h4-6,9-11,14-15,17H,2,7-8,12-13H2,1,3H3,(H,23,24,29). The second-order valence-corrected chi connectivity index (χ2v) is 9.98. The van der Waals surface area contributed by atoms with Crippen LogP contribution in [0.25, 0.3) is 5.69 Å². The number of aryl methyl sites for hydroxylation is 1. The molecule has 1 saturated heterocycles. The lowest BCUT2D eigenvalue weighted by Gasteiger charge is -2.32. The van der Waals surface area contributed by atoms with Crippen LogP contribution in [0.2, 0.25) is 0 Å². The van der Waals surface area contributed by atoms with Gasteiger partial charge < -0.3 is 9.64 Å². The van der Waals surface area contributed by atoms with Crippen molar-refractivity contribution in [1.82, 2.24) is 24.5 Å². The Kier molecular flexibility index (Phi) is 5.73. The maximum Gasteiger partial charge on any atom is 0.344 e. The van der Waals surface area contributed by atoms with Crippen LogP contribution in [0.15, 0.2) is 48.9 Å². The molecule has 1 N–H and O–H groups in total. The van der Waals surface area contributed by atoms with Gasteiger partial charge in [-0.15, -0.1) is 5.10 Å². The highest BCUT2D eigenvalue weighted by Gasteiger charge is 2.26. The number of hydrogen-bond donors (Lipinski definition) is 1. The molecule has 0 radical (unpaired) electrons. The summed E-state index contributed by atoms with van der Waals surface area (Å²) in [6, 6.07) is 9.30. The van der Waals surface area contributed by atoms with Gasteiger partial charge in [0.25, 0.3) is 0 Å². The van der Waals surface area contributed by atoms with Gasteiger partial charge in [-0.2, -0.15) is 9.78 Å². The molecule has 2 aromatic heterocycles. The highest BCUT2D eigenvalue weighted by molar-refractivity contribution is 8.00. The van der Waals surface area contributed by atoms with E-state index in [0.717, 1.165) is 17.0 Å². The van der Waals surface area contributed by atoms with Gasteiger partial charge >= 0.3 is 6.03 Å². The summed E-state index contributed by atoms with van der Waals surface area (Å²) < 4.78 is 23.8. The van der Waals surface area contributed by atoms with E-state index >= 15 is 0 Å². The quantitative estimate of drug-likeness (QED) is 0.613. The Hall–Kier alpha value is -3.27. The molecule has 0 saturated carbocycles. The summed E-state index contributed by atoms with van der Waals surface area (Å²) >= 11 is 0. The molecule has 1 aromatic carbocycles.